The molecule has 0 aliphatic carbocycles. The van der Waals surface area contributed by atoms with Crippen LogP contribution >= 0.6 is 23.4 Å². The molecule has 1 N–H and O–H groups in total. The van der Waals surface area contributed by atoms with Crippen LogP contribution in [0.3, 0.4) is 0 Å². The quantitative estimate of drug-likeness (QED) is 0.748. The van der Waals surface area contributed by atoms with Gasteiger partial charge in [0.15, 0.2) is 0 Å². The van der Waals surface area contributed by atoms with Gasteiger partial charge in [0.1, 0.15) is 6.54 Å². The van der Waals surface area contributed by atoms with Crippen molar-refractivity contribution in [2.75, 3.05) is 23.0 Å². The average Bonchev–Trinajstić information content (AvgIpc) is 2.40. The van der Waals surface area contributed by atoms with E-state index in [1.54, 1.807) is 24.3 Å². The first-order chi connectivity index (χ1) is 9.54. The molecule has 0 aliphatic rings. The molecule has 0 radical (unpaired) electrons. The number of unbranched alkanes of at least 4 members (excludes halogenated alkanes) is 1. The number of thioether (sulfide) groups is 1. The fraction of sp³-hybridized carbons (Fsp3) is 0.429. The number of anilines is 1. The van der Waals surface area contributed by atoms with Crippen LogP contribution in [0.5, 0.6) is 0 Å². The van der Waals surface area contributed by atoms with Gasteiger partial charge in [0.25, 0.3) is 0 Å². The van der Waals surface area contributed by atoms with Crippen LogP contribution in [0.15, 0.2) is 24.3 Å². The molecule has 20 heavy (non-hydrogen) atoms. The van der Waals surface area contributed by atoms with Crippen LogP contribution in [0.25, 0.3) is 0 Å². The van der Waals surface area contributed by atoms with E-state index in [0.29, 0.717) is 10.7 Å². The van der Waals surface area contributed by atoms with Crippen molar-refractivity contribution in [3.05, 3.63) is 29.3 Å². The highest BCUT2D eigenvalue weighted by Crippen LogP contribution is 2.20. The molecule has 0 bridgehead atoms. The molecule has 0 fully saturated rings. The number of amides is 1. The minimum Gasteiger partial charge on any atom is -0.480 e. The van der Waals surface area contributed by atoms with Gasteiger partial charge in [-0.15, -0.1) is 0 Å². The maximum atomic E-state index is 12.2. The number of carboxylic acids is 1. The first-order valence-electron chi connectivity index (χ1n) is 6.40. The van der Waals surface area contributed by atoms with Crippen LogP contribution in [0.4, 0.5) is 5.69 Å². The number of halogens is 1. The van der Waals surface area contributed by atoms with Crippen LogP contribution in [-0.2, 0) is 9.59 Å². The van der Waals surface area contributed by atoms with Crippen molar-refractivity contribution >= 4 is 40.9 Å². The third kappa shape index (κ3) is 5.84. The number of hydrogen-bond acceptors (Lipinski definition) is 3. The molecule has 110 valence electrons. The van der Waals surface area contributed by atoms with E-state index in [4.69, 9.17) is 16.7 Å². The van der Waals surface area contributed by atoms with Crippen molar-refractivity contribution in [1.82, 2.24) is 0 Å². The number of aliphatic carboxylic acids is 1. The Hall–Kier alpha value is -1.20. The van der Waals surface area contributed by atoms with Crippen molar-refractivity contribution in [2.45, 2.75) is 19.8 Å². The molecule has 1 aromatic carbocycles. The number of carboxylic acid groups (broad SMARTS) is 1. The van der Waals surface area contributed by atoms with Crippen LogP contribution in [0.2, 0.25) is 5.02 Å². The molecular formula is C14H18ClNO3S. The first-order valence-corrected chi connectivity index (χ1v) is 7.93. The van der Waals surface area contributed by atoms with Crippen LogP contribution < -0.4 is 4.90 Å². The zero-order valence-corrected chi connectivity index (χ0v) is 12.9. The number of carbonyl (C=O) groups excluding carboxylic acids is 1. The summed E-state index contributed by atoms with van der Waals surface area (Å²) in [6.07, 6.45) is 2.13. The lowest BCUT2D eigenvalue weighted by atomic mass is 10.3. The van der Waals surface area contributed by atoms with E-state index < -0.39 is 5.97 Å². The highest BCUT2D eigenvalue weighted by atomic mass is 35.5. The van der Waals surface area contributed by atoms with E-state index >= 15 is 0 Å². The normalized spacial score (nSPS) is 10.3. The van der Waals surface area contributed by atoms with E-state index in [0.717, 1.165) is 18.6 Å². The summed E-state index contributed by atoms with van der Waals surface area (Å²) in [5.74, 6) is -0.0777. The second-order valence-corrected chi connectivity index (χ2v) is 5.80. The van der Waals surface area contributed by atoms with Crippen LogP contribution in [-0.4, -0.2) is 35.0 Å². The van der Waals surface area contributed by atoms with Gasteiger partial charge in [-0.1, -0.05) is 31.0 Å². The molecule has 0 aliphatic heterocycles. The smallest absolute Gasteiger partial charge is 0.323 e. The molecule has 0 heterocycles. The zero-order valence-electron chi connectivity index (χ0n) is 11.3. The third-order valence-corrected chi connectivity index (χ3v) is 3.85. The Morgan fingerprint density at radius 2 is 2.15 bits per heavy atom. The number of hydrogen-bond donors (Lipinski definition) is 1. The molecular weight excluding hydrogens is 298 g/mol. The van der Waals surface area contributed by atoms with Gasteiger partial charge in [-0.05, 0) is 30.4 Å². The largest absolute Gasteiger partial charge is 0.480 e. The maximum Gasteiger partial charge on any atom is 0.323 e. The third-order valence-electron chi connectivity index (χ3n) is 2.58. The van der Waals surface area contributed by atoms with Gasteiger partial charge in [-0.3, -0.25) is 9.59 Å². The molecule has 0 saturated carbocycles. The Kier molecular flexibility index (Phi) is 7.47. The predicted octanol–water partition coefficient (Wildman–Crippen LogP) is 3.29. The van der Waals surface area contributed by atoms with Crippen LogP contribution in [0, 0.1) is 0 Å². The van der Waals surface area contributed by atoms with Gasteiger partial charge in [0, 0.05) is 10.7 Å². The summed E-state index contributed by atoms with van der Waals surface area (Å²) >= 11 is 7.41. The molecule has 1 aromatic rings. The molecule has 1 rings (SSSR count). The molecule has 4 nitrogen and oxygen atoms in total. The molecule has 6 heteroatoms. The summed E-state index contributed by atoms with van der Waals surface area (Å²) in [5, 5.41) is 9.42. The SMILES string of the molecule is CCCCSCC(=O)N(CC(=O)O)c1cccc(Cl)c1. The standard InChI is InChI=1S/C14H18ClNO3S/c1-2-3-7-20-10-13(17)16(9-14(18)19)12-6-4-5-11(15)8-12/h4-6,8H,2-3,7,9-10H2,1H3,(H,18,19). The monoisotopic (exact) mass is 315 g/mol. The van der Waals surface area contributed by atoms with Crippen molar-refractivity contribution in [1.29, 1.82) is 0 Å². The molecule has 0 unspecified atom stereocenters. The summed E-state index contributed by atoms with van der Waals surface area (Å²) < 4.78 is 0. The van der Waals surface area contributed by atoms with Gasteiger partial charge < -0.3 is 10.0 Å². The summed E-state index contributed by atoms with van der Waals surface area (Å²) in [6, 6.07) is 6.66. The summed E-state index contributed by atoms with van der Waals surface area (Å²) in [7, 11) is 0. The van der Waals surface area contributed by atoms with Crippen molar-refractivity contribution < 1.29 is 14.7 Å². The lowest BCUT2D eigenvalue weighted by Gasteiger charge is -2.21. The first kappa shape index (κ1) is 16.9. The number of carbonyl (C=O) groups is 2. The topological polar surface area (TPSA) is 57.6 Å². The number of benzene rings is 1. The van der Waals surface area contributed by atoms with Gasteiger partial charge in [0.2, 0.25) is 5.91 Å². The van der Waals surface area contributed by atoms with Gasteiger partial charge in [0.05, 0.1) is 5.75 Å². The second-order valence-electron chi connectivity index (χ2n) is 4.26. The molecule has 1 amide bonds. The number of rotatable bonds is 8. The van der Waals surface area contributed by atoms with E-state index in [-0.39, 0.29) is 18.2 Å². The minimum atomic E-state index is -1.04. The van der Waals surface area contributed by atoms with Gasteiger partial charge in [-0.25, -0.2) is 0 Å². The van der Waals surface area contributed by atoms with Crippen LogP contribution in [0.1, 0.15) is 19.8 Å². The Labute approximate surface area is 128 Å². The lowest BCUT2D eigenvalue weighted by molar-refractivity contribution is -0.136. The van der Waals surface area contributed by atoms with Crippen molar-refractivity contribution in [2.24, 2.45) is 0 Å². The summed E-state index contributed by atoms with van der Waals surface area (Å²) in [6.45, 7) is 1.73. The predicted molar refractivity (Wildman–Crippen MR) is 83.7 cm³/mol. The van der Waals surface area contributed by atoms with E-state index in [9.17, 15) is 9.59 Å². The summed E-state index contributed by atoms with van der Waals surface area (Å²) in [5.41, 5.74) is 0.515. The van der Waals surface area contributed by atoms with E-state index in [1.807, 2.05) is 0 Å². The van der Waals surface area contributed by atoms with E-state index in [1.165, 1.54) is 16.7 Å². The molecule has 0 saturated heterocycles. The molecule has 0 atom stereocenters. The fourth-order valence-corrected chi connectivity index (χ4v) is 2.74. The van der Waals surface area contributed by atoms with Crippen molar-refractivity contribution in [3.63, 3.8) is 0 Å². The van der Waals surface area contributed by atoms with Crippen molar-refractivity contribution in [3.8, 4) is 0 Å². The molecule has 0 aromatic heterocycles. The lowest BCUT2D eigenvalue weighted by Crippen LogP contribution is -2.37. The Bertz CT molecular complexity index is 467. The Morgan fingerprint density at radius 3 is 2.75 bits per heavy atom. The highest BCUT2D eigenvalue weighted by Gasteiger charge is 2.18. The average molecular weight is 316 g/mol. The summed E-state index contributed by atoms with van der Waals surface area (Å²) in [4.78, 5) is 24.3. The highest BCUT2D eigenvalue weighted by molar-refractivity contribution is 7.99. The van der Waals surface area contributed by atoms with Gasteiger partial charge in [-0.2, -0.15) is 11.8 Å². The number of nitrogens with zero attached hydrogens (tertiary/aromatic N) is 1. The van der Waals surface area contributed by atoms with Gasteiger partial charge >= 0.3 is 5.97 Å². The maximum absolute atomic E-state index is 12.2. The second kappa shape index (κ2) is 8.87. The zero-order chi connectivity index (χ0) is 15.0. The van der Waals surface area contributed by atoms with E-state index in [2.05, 4.69) is 6.92 Å². The minimum absolute atomic E-state index is 0.212. The Morgan fingerprint density at radius 1 is 1.40 bits per heavy atom. The molecule has 0 spiro atoms. The Balaban J connectivity index is 2.73. The fourth-order valence-electron chi connectivity index (χ4n) is 1.59.